The van der Waals surface area contributed by atoms with E-state index < -0.39 is 0 Å². The summed E-state index contributed by atoms with van der Waals surface area (Å²) in [6.07, 6.45) is 3.67. The summed E-state index contributed by atoms with van der Waals surface area (Å²) in [7, 11) is 3.58. The number of halogens is 2. The molecule has 1 aliphatic heterocycles. The number of rotatable bonds is 3. The number of hydrogen-bond donors (Lipinski definition) is 1. The molecule has 0 radical (unpaired) electrons. The second kappa shape index (κ2) is 9.43. The van der Waals surface area contributed by atoms with Gasteiger partial charge in [-0.25, -0.2) is 4.98 Å². The summed E-state index contributed by atoms with van der Waals surface area (Å²) in [6.45, 7) is 3.98. The Balaban J connectivity index is 0.00000150. The third-order valence-corrected chi connectivity index (χ3v) is 5.04. The number of nitrogens with zero attached hydrogens (tertiary/aromatic N) is 4. The first-order valence-corrected chi connectivity index (χ1v) is 9.03. The summed E-state index contributed by atoms with van der Waals surface area (Å²) in [5.74, 6) is 1.58. The predicted molar refractivity (Wildman–Crippen MR) is 117 cm³/mol. The van der Waals surface area contributed by atoms with Gasteiger partial charge in [-0.1, -0.05) is 0 Å². The summed E-state index contributed by atoms with van der Waals surface area (Å²) in [4.78, 5) is 24.5. The third-order valence-electron chi connectivity index (χ3n) is 5.04. The van der Waals surface area contributed by atoms with Crippen molar-refractivity contribution in [2.45, 2.75) is 13.0 Å². The maximum absolute atomic E-state index is 13.6. The second-order valence-corrected chi connectivity index (χ2v) is 6.81. The van der Waals surface area contributed by atoms with Crippen LogP contribution in [0.5, 0.6) is 5.75 Å². The molecule has 3 heterocycles. The average molecular weight is 438 g/mol. The number of carbonyl (C=O) groups excluding carboxylic acids is 1. The molecule has 4 rings (SSSR count). The molecule has 0 bridgehead atoms. The second-order valence-electron chi connectivity index (χ2n) is 6.81. The van der Waals surface area contributed by atoms with Gasteiger partial charge in [-0.15, -0.1) is 24.8 Å². The number of piperazine rings is 1. The molecule has 9 heteroatoms. The van der Waals surface area contributed by atoms with Crippen LogP contribution in [0.2, 0.25) is 0 Å². The molecule has 1 saturated heterocycles. The monoisotopic (exact) mass is 437 g/mol. The van der Waals surface area contributed by atoms with Crippen molar-refractivity contribution in [2.75, 3.05) is 26.7 Å². The molecule has 1 N–H and O–H groups in total. The first-order valence-electron chi connectivity index (χ1n) is 9.03. The molecule has 1 fully saturated rings. The molecule has 7 nitrogen and oxygen atoms in total. The molecule has 0 saturated carbocycles. The first-order chi connectivity index (χ1) is 13.1. The van der Waals surface area contributed by atoms with Crippen molar-refractivity contribution in [2.24, 2.45) is 7.05 Å². The van der Waals surface area contributed by atoms with E-state index in [-0.39, 0.29) is 36.8 Å². The summed E-state index contributed by atoms with van der Waals surface area (Å²) in [5, 5.41) is 4.18. The summed E-state index contributed by atoms with van der Waals surface area (Å²) in [6, 6.07) is 7.39. The average Bonchev–Trinajstić information content (AvgIpc) is 3.12. The lowest BCUT2D eigenvalue weighted by molar-refractivity contribution is 0.0622. The van der Waals surface area contributed by atoms with Crippen molar-refractivity contribution in [3.05, 3.63) is 53.7 Å². The van der Waals surface area contributed by atoms with Crippen molar-refractivity contribution < 1.29 is 9.53 Å². The smallest absolute Gasteiger partial charge is 0.255 e. The summed E-state index contributed by atoms with van der Waals surface area (Å²) < 4.78 is 7.32. The van der Waals surface area contributed by atoms with Crippen LogP contribution in [0.25, 0.3) is 10.9 Å². The number of pyridine rings is 1. The Kier molecular flexibility index (Phi) is 7.46. The zero-order valence-electron chi connectivity index (χ0n) is 16.6. The zero-order valence-corrected chi connectivity index (χ0v) is 18.2. The Hall–Kier alpha value is -2.35. The van der Waals surface area contributed by atoms with Crippen LogP contribution >= 0.6 is 24.8 Å². The van der Waals surface area contributed by atoms with Crippen molar-refractivity contribution >= 4 is 41.6 Å². The molecule has 0 aliphatic carbocycles. The zero-order chi connectivity index (χ0) is 19.0. The first kappa shape index (κ1) is 22.9. The predicted octanol–water partition coefficient (Wildman–Crippen LogP) is 2.92. The van der Waals surface area contributed by atoms with E-state index in [9.17, 15) is 4.79 Å². The maximum atomic E-state index is 13.6. The molecule has 29 heavy (non-hydrogen) atoms. The van der Waals surface area contributed by atoms with E-state index in [2.05, 4.69) is 15.3 Å². The fourth-order valence-corrected chi connectivity index (χ4v) is 3.67. The molecule has 1 unspecified atom stereocenters. The van der Waals surface area contributed by atoms with Gasteiger partial charge >= 0.3 is 0 Å². The molecular weight excluding hydrogens is 413 g/mol. The Morgan fingerprint density at radius 3 is 2.76 bits per heavy atom. The largest absolute Gasteiger partial charge is 0.497 e. The van der Waals surface area contributed by atoms with Gasteiger partial charge in [0.05, 0.1) is 18.2 Å². The van der Waals surface area contributed by atoms with Crippen LogP contribution in [0, 0.1) is 6.92 Å². The summed E-state index contributed by atoms with van der Waals surface area (Å²) in [5.41, 5.74) is 2.26. The Morgan fingerprint density at radius 2 is 2.07 bits per heavy atom. The van der Waals surface area contributed by atoms with Gasteiger partial charge in [-0.05, 0) is 31.2 Å². The number of aromatic nitrogens is 3. The van der Waals surface area contributed by atoms with Crippen LogP contribution in [0.3, 0.4) is 0 Å². The third kappa shape index (κ3) is 4.32. The van der Waals surface area contributed by atoms with Gasteiger partial charge in [0, 0.05) is 50.2 Å². The van der Waals surface area contributed by atoms with E-state index in [4.69, 9.17) is 4.74 Å². The summed E-state index contributed by atoms with van der Waals surface area (Å²) >= 11 is 0. The number of hydrogen-bond acceptors (Lipinski definition) is 5. The van der Waals surface area contributed by atoms with Gasteiger partial charge in [0.15, 0.2) is 0 Å². The number of benzene rings is 1. The quantitative estimate of drug-likeness (QED) is 0.681. The number of carbonyl (C=O) groups is 1. The van der Waals surface area contributed by atoms with Gasteiger partial charge in [0.1, 0.15) is 17.6 Å². The normalized spacial score (nSPS) is 16.1. The van der Waals surface area contributed by atoms with Gasteiger partial charge in [0.25, 0.3) is 5.91 Å². The molecule has 2 aromatic heterocycles. The van der Waals surface area contributed by atoms with E-state index in [1.54, 1.807) is 13.3 Å². The Labute approximate surface area is 182 Å². The van der Waals surface area contributed by atoms with Crippen LogP contribution < -0.4 is 10.1 Å². The van der Waals surface area contributed by atoms with Crippen molar-refractivity contribution in [1.82, 2.24) is 24.8 Å². The highest BCUT2D eigenvalue weighted by molar-refractivity contribution is 6.06. The number of nitrogens with one attached hydrogen (secondary N) is 1. The minimum absolute atomic E-state index is 0. The highest BCUT2D eigenvalue weighted by Gasteiger charge is 2.32. The van der Waals surface area contributed by atoms with E-state index in [0.717, 1.165) is 29.0 Å². The lowest BCUT2D eigenvalue weighted by atomic mass is 10.0. The molecular formula is C20H25Cl2N5O2. The SMILES string of the molecule is COc1ccc2nc(C)cc(C(=O)N3CCNCC3c3nccn3C)c2c1.Cl.Cl. The van der Waals surface area contributed by atoms with Crippen LogP contribution in [-0.4, -0.2) is 52.1 Å². The van der Waals surface area contributed by atoms with Gasteiger partial charge in [0.2, 0.25) is 0 Å². The van der Waals surface area contributed by atoms with Gasteiger partial charge in [-0.3, -0.25) is 9.78 Å². The van der Waals surface area contributed by atoms with Crippen LogP contribution in [0.15, 0.2) is 36.7 Å². The number of amides is 1. The lowest BCUT2D eigenvalue weighted by Gasteiger charge is -2.36. The van der Waals surface area contributed by atoms with E-state index in [1.807, 2.05) is 53.9 Å². The lowest BCUT2D eigenvalue weighted by Crippen LogP contribution is -2.49. The van der Waals surface area contributed by atoms with Crippen LogP contribution in [0.4, 0.5) is 0 Å². The highest BCUT2D eigenvalue weighted by atomic mass is 35.5. The van der Waals surface area contributed by atoms with Crippen LogP contribution in [-0.2, 0) is 7.05 Å². The molecule has 1 atom stereocenters. The number of aryl methyl sites for hydroxylation is 2. The van der Waals surface area contributed by atoms with Crippen molar-refractivity contribution in [3.8, 4) is 5.75 Å². The van der Waals surface area contributed by atoms with E-state index in [0.29, 0.717) is 24.4 Å². The fourth-order valence-electron chi connectivity index (χ4n) is 3.67. The molecule has 3 aromatic rings. The Bertz CT molecular complexity index is 1010. The molecule has 1 amide bonds. The molecule has 0 spiro atoms. The van der Waals surface area contributed by atoms with E-state index >= 15 is 0 Å². The number of methoxy groups -OCH3 is 1. The number of fused-ring (bicyclic) bond motifs is 1. The minimum atomic E-state index is -0.111. The Morgan fingerprint density at radius 1 is 1.28 bits per heavy atom. The minimum Gasteiger partial charge on any atom is -0.497 e. The van der Waals surface area contributed by atoms with Crippen LogP contribution in [0.1, 0.15) is 27.9 Å². The molecule has 1 aromatic carbocycles. The topological polar surface area (TPSA) is 72.3 Å². The van der Waals surface area contributed by atoms with E-state index in [1.165, 1.54) is 0 Å². The van der Waals surface area contributed by atoms with Crippen molar-refractivity contribution in [1.29, 1.82) is 0 Å². The molecule has 1 aliphatic rings. The number of imidazole rings is 1. The number of ether oxygens (including phenoxy) is 1. The highest BCUT2D eigenvalue weighted by Crippen LogP contribution is 2.28. The standard InChI is InChI=1S/C20H23N5O2.2ClH/c1-13-10-16(15-11-14(27-3)4-5-17(15)23-13)20(26)25-9-6-21-12-18(25)19-22-7-8-24(19)2;;/h4-5,7-8,10-11,18,21H,6,9,12H2,1-3H3;2*1H. The fraction of sp³-hybridized carbons (Fsp3) is 0.350. The maximum Gasteiger partial charge on any atom is 0.255 e. The van der Waals surface area contributed by atoms with Gasteiger partial charge in [-0.2, -0.15) is 0 Å². The van der Waals surface area contributed by atoms with Crippen molar-refractivity contribution in [3.63, 3.8) is 0 Å². The molecule has 156 valence electrons. The van der Waals surface area contributed by atoms with Gasteiger partial charge < -0.3 is 19.5 Å².